The van der Waals surface area contributed by atoms with Crippen molar-refractivity contribution in [3.05, 3.63) is 23.8 Å². The van der Waals surface area contributed by atoms with E-state index in [0.29, 0.717) is 12.8 Å². The monoisotopic (exact) mass is 239 g/mol. The first kappa shape index (κ1) is 13.3. The highest BCUT2D eigenvalue weighted by Crippen LogP contribution is 2.25. The molecule has 1 aromatic rings. The molecule has 17 heavy (non-hydrogen) atoms. The van der Waals surface area contributed by atoms with Crippen LogP contribution in [0.5, 0.6) is 11.5 Å². The van der Waals surface area contributed by atoms with Gasteiger partial charge in [0.2, 0.25) is 0 Å². The zero-order chi connectivity index (χ0) is 12.8. The van der Waals surface area contributed by atoms with Gasteiger partial charge in [-0.1, -0.05) is 6.07 Å². The van der Waals surface area contributed by atoms with Gasteiger partial charge in [0, 0.05) is 12.5 Å². The summed E-state index contributed by atoms with van der Waals surface area (Å²) < 4.78 is 4.52. The number of phenols is 2. The molecule has 4 N–H and O–H groups in total. The summed E-state index contributed by atoms with van der Waals surface area (Å²) >= 11 is 0. The van der Waals surface area contributed by atoms with Crippen LogP contribution in [-0.2, 0) is 16.0 Å². The van der Waals surface area contributed by atoms with Crippen molar-refractivity contribution in [1.82, 2.24) is 0 Å². The first-order valence-electron chi connectivity index (χ1n) is 5.36. The fourth-order valence-electron chi connectivity index (χ4n) is 1.51. The summed E-state index contributed by atoms with van der Waals surface area (Å²) in [4.78, 5) is 10.9. The highest BCUT2D eigenvalue weighted by atomic mass is 16.5. The first-order chi connectivity index (χ1) is 8.02. The van der Waals surface area contributed by atoms with Gasteiger partial charge in [-0.05, 0) is 30.5 Å². The number of carbonyl (C=O) groups is 1. The average Bonchev–Trinajstić information content (AvgIpc) is 2.31. The molecule has 0 radical (unpaired) electrons. The van der Waals surface area contributed by atoms with Crippen LogP contribution >= 0.6 is 0 Å². The lowest BCUT2D eigenvalue weighted by atomic mass is 10.0. The smallest absolute Gasteiger partial charge is 0.305 e. The van der Waals surface area contributed by atoms with Crippen LogP contribution in [0.1, 0.15) is 18.4 Å². The van der Waals surface area contributed by atoms with Crippen LogP contribution in [0.3, 0.4) is 0 Å². The molecule has 0 aromatic heterocycles. The van der Waals surface area contributed by atoms with E-state index in [9.17, 15) is 9.90 Å². The van der Waals surface area contributed by atoms with Crippen molar-refractivity contribution in [2.24, 2.45) is 5.73 Å². The van der Waals surface area contributed by atoms with Gasteiger partial charge in [0.05, 0.1) is 7.11 Å². The van der Waals surface area contributed by atoms with E-state index in [-0.39, 0.29) is 29.9 Å². The minimum atomic E-state index is -0.283. The van der Waals surface area contributed by atoms with Gasteiger partial charge in [-0.15, -0.1) is 0 Å². The summed E-state index contributed by atoms with van der Waals surface area (Å²) in [6, 6.07) is 4.39. The number of nitrogens with two attached hydrogens (primary N) is 1. The summed E-state index contributed by atoms with van der Waals surface area (Å²) in [5.74, 6) is -0.603. The van der Waals surface area contributed by atoms with Gasteiger partial charge in [0.15, 0.2) is 11.5 Å². The van der Waals surface area contributed by atoms with Crippen LogP contribution < -0.4 is 5.73 Å². The van der Waals surface area contributed by atoms with E-state index in [2.05, 4.69) is 4.74 Å². The van der Waals surface area contributed by atoms with Crippen LogP contribution in [0.15, 0.2) is 18.2 Å². The van der Waals surface area contributed by atoms with Crippen LogP contribution in [0, 0.1) is 0 Å². The molecule has 0 aliphatic carbocycles. The van der Waals surface area contributed by atoms with Gasteiger partial charge >= 0.3 is 5.97 Å². The largest absolute Gasteiger partial charge is 0.504 e. The first-order valence-corrected chi connectivity index (χ1v) is 5.36. The number of rotatable bonds is 5. The summed E-state index contributed by atoms with van der Waals surface area (Å²) in [5.41, 5.74) is 6.66. The minimum absolute atomic E-state index is 0.156. The molecule has 0 saturated heterocycles. The number of methoxy groups -OCH3 is 1. The van der Waals surface area contributed by atoms with E-state index in [4.69, 9.17) is 10.8 Å². The number of phenolic OH excluding ortho intramolecular Hbond substituents is 2. The molecule has 0 spiro atoms. The third-order valence-corrected chi connectivity index (χ3v) is 2.48. The molecule has 0 aliphatic rings. The predicted molar refractivity (Wildman–Crippen MR) is 62.7 cm³/mol. The van der Waals surface area contributed by atoms with Gasteiger partial charge in [-0.25, -0.2) is 0 Å². The summed E-state index contributed by atoms with van der Waals surface area (Å²) in [7, 11) is 1.34. The topological polar surface area (TPSA) is 92.8 Å². The quantitative estimate of drug-likeness (QED) is 0.525. The Bertz CT molecular complexity index is 392. The number of carbonyl (C=O) groups excluding carboxylic acids is 1. The number of benzene rings is 1. The van der Waals surface area contributed by atoms with Crippen LogP contribution in [-0.4, -0.2) is 29.3 Å². The van der Waals surface area contributed by atoms with E-state index in [1.807, 2.05) is 0 Å². The van der Waals surface area contributed by atoms with E-state index in [1.54, 1.807) is 6.07 Å². The second kappa shape index (κ2) is 6.10. The maximum absolute atomic E-state index is 10.9. The molecule has 1 aromatic carbocycles. The zero-order valence-corrected chi connectivity index (χ0v) is 9.72. The molecule has 5 heteroatoms. The third kappa shape index (κ3) is 4.32. The summed E-state index contributed by atoms with van der Waals surface area (Å²) in [6.07, 6.45) is 1.33. The van der Waals surface area contributed by atoms with Crippen LogP contribution in [0.2, 0.25) is 0 Å². The molecule has 1 atom stereocenters. The molecule has 0 fully saturated rings. The second-order valence-corrected chi connectivity index (χ2v) is 3.90. The molecule has 0 heterocycles. The SMILES string of the molecule is COC(=O)CCC(N)Cc1ccc(O)c(O)c1. The molecular weight excluding hydrogens is 222 g/mol. The van der Waals surface area contributed by atoms with E-state index >= 15 is 0 Å². The lowest BCUT2D eigenvalue weighted by Gasteiger charge is -2.11. The lowest BCUT2D eigenvalue weighted by Crippen LogP contribution is -2.24. The Kier molecular flexibility index (Phi) is 4.78. The maximum Gasteiger partial charge on any atom is 0.305 e. The molecule has 0 amide bonds. The Labute approximate surface area is 99.8 Å². The van der Waals surface area contributed by atoms with Crippen molar-refractivity contribution >= 4 is 5.97 Å². The molecule has 94 valence electrons. The molecule has 0 saturated carbocycles. The van der Waals surface area contributed by atoms with Gasteiger partial charge < -0.3 is 20.7 Å². The van der Waals surface area contributed by atoms with Crippen molar-refractivity contribution in [3.8, 4) is 11.5 Å². The third-order valence-electron chi connectivity index (χ3n) is 2.48. The Hall–Kier alpha value is -1.75. The van der Waals surface area contributed by atoms with Gasteiger partial charge in [-0.3, -0.25) is 4.79 Å². The Balaban J connectivity index is 2.47. The van der Waals surface area contributed by atoms with E-state index < -0.39 is 0 Å². The molecular formula is C12H17NO4. The number of aromatic hydroxyl groups is 2. The van der Waals surface area contributed by atoms with Crippen molar-refractivity contribution in [1.29, 1.82) is 0 Å². The zero-order valence-electron chi connectivity index (χ0n) is 9.72. The molecule has 1 rings (SSSR count). The number of hydrogen-bond acceptors (Lipinski definition) is 5. The Morgan fingerprint density at radius 3 is 2.71 bits per heavy atom. The Morgan fingerprint density at radius 2 is 2.12 bits per heavy atom. The van der Waals surface area contributed by atoms with Crippen LogP contribution in [0.25, 0.3) is 0 Å². The summed E-state index contributed by atoms with van der Waals surface area (Å²) in [6.45, 7) is 0. The minimum Gasteiger partial charge on any atom is -0.504 e. The molecule has 1 unspecified atom stereocenters. The summed E-state index contributed by atoms with van der Waals surface area (Å²) in [5, 5.41) is 18.4. The molecule has 0 aliphatic heterocycles. The fourth-order valence-corrected chi connectivity index (χ4v) is 1.51. The predicted octanol–water partition coefficient (Wildman–Crippen LogP) is 0.921. The normalized spacial score (nSPS) is 12.1. The average molecular weight is 239 g/mol. The van der Waals surface area contributed by atoms with Gasteiger partial charge in [-0.2, -0.15) is 0 Å². The number of esters is 1. The second-order valence-electron chi connectivity index (χ2n) is 3.90. The number of ether oxygens (including phenoxy) is 1. The molecule has 0 bridgehead atoms. The van der Waals surface area contributed by atoms with Crippen molar-refractivity contribution in [2.45, 2.75) is 25.3 Å². The maximum atomic E-state index is 10.9. The van der Waals surface area contributed by atoms with Gasteiger partial charge in [0.1, 0.15) is 0 Å². The standard InChI is InChI=1S/C12H17NO4/c1-17-12(16)5-3-9(13)6-8-2-4-10(14)11(15)7-8/h2,4,7,9,14-15H,3,5-6,13H2,1H3. The lowest BCUT2D eigenvalue weighted by molar-refractivity contribution is -0.140. The Morgan fingerprint density at radius 1 is 1.41 bits per heavy atom. The van der Waals surface area contributed by atoms with Crippen LogP contribution in [0.4, 0.5) is 0 Å². The van der Waals surface area contributed by atoms with Crippen molar-refractivity contribution < 1.29 is 19.7 Å². The van der Waals surface area contributed by atoms with Crippen molar-refractivity contribution in [2.75, 3.05) is 7.11 Å². The van der Waals surface area contributed by atoms with E-state index in [0.717, 1.165) is 5.56 Å². The molecule has 5 nitrogen and oxygen atoms in total. The highest BCUT2D eigenvalue weighted by Gasteiger charge is 2.09. The fraction of sp³-hybridized carbons (Fsp3) is 0.417. The highest BCUT2D eigenvalue weighted by molar-refractivity contribution is 5.69. The van der Waals surface area contributed by atoms with Crippen molar-refractivity contribution in [3.63, 3.8) is 0 Å². The number of hydrogen-bond donors (Lipinski definition) is 3. The van der Waals surface area contributed by atoms with Gasteiger partial charge in [0.25, 0.3) is 0 Å². The van der Waals surface area contributed by atoms with E-state index in [1.165, 1.54) is 19.2 Å².